The number of nitro benzene ring substituents is 1. The van der Waals surface area contributed by atoms with Crippen LogP contribution in [0.1, 0.15) is 0 Å². The van der Waals surface area contributed by atoms with Crippen LogP contribution in [0.15, 0.2) is 12.1 Å². The van der Waals surface area contributed by atoms with Crippen LogP contribution < -0.4 is 10.2 Å². The molecule has 1 rings (SSSR count). The topological polar surface area (TPSA) is 58.4 Å². The molecule has 0 aromatic heterocycles. The smallest absolute Gasteiger partial charge is 0.293 e. The Balaban J connectivity index is 3.35. The lowest BCUT2D eigenvalue weighted by Gasteiger charge is -2.15. The van der Waals surface area contributed by atoms with E-state index in [2.05, 4.69) is 5.32 Å². The van der Waals surface area contributed by atoms with Gasteiger partial charge in [0.05, 0.1) is 15.6 Å². The first kappa shape index (κ1) is 11.6. The Morgan fingerprint density at radius 2 is 2.07 bits per heavy atom. The van der Waals surface area contributed by atoms with E-state index < -0.39 is 4.92 Å². The number of hydrogen-bond donors (Lipinski definition) is 1. The summed E-state index contributed by atoms with van der Waals surface area (Å²) in [5, 5.41) is 13.8. The second kappa shape index (κ2) is 4.35. The molecule has 6 heteroatoms. The highest BCUT2D eigenvalue weighted by Gasteiger charge is 2.17. The van der Waals surface area contributed by atoms with Crippen LogP contribution in [0.2, 0.25) is 5.02 Å². The second-order valence-electron chi connectivity index (χ2n) is 3.22. The summed E-state index contributed by atoms with van der Waals surface area (Å²) in [7, 11) is 5.29. The first-order valence-corrected chi connectivity index (χ1v) is 4.68. The van der Waals surface area contributed by atoms with Gasteiger partial charge in [0.2, 0.25) is 0 Å². The van der Waals surface area contributed by atoms with Crippen molar-refractivity contribution in [1.82, 2.24) is 0 Å². The maximum absolute atomic E-state index is 10.7. The van der Waals surface area contributed by atoms with Crippen molar-refractivity contribution in [2.45, 2.75) is 0 Å². The van der Waals surface area contributed by atoms with Crippen molar-refractivity contribution >= 4 is 28.7 Å². The average molecular weight is 230 g/mol. The van der Waals surface area contributed by atoms with Crippen LogP contribution in [0.4, 0.5) is 17.1 Å². The molecule has 1 N–H and O–H groups in total. The molecule has 0 radical (unpaired) electrons. The summed E-state index contributed by atoms with van der Waals surface area (Å²) in [5.41, 5.74) is 1.17. The summed E-state index contributed by atoms with van der Waals surface area (Å²) < 4.78 is 0. The fraction of sp³-hybridized carbons (Fsp3) is 0.333. The van der Waals surface area contributed by atoms with E-state index in [0.717, 1.165) is 5.69 Å². The van der Waals surface area contributed by atoms with Crippen molar-refractivity contribution in [3.8, 4) is 0 Å². The van der Waals surface area contributed by atoms with E-state index in [1.807, 2.05) is 14.1 Å². The molecular weight excluding hydrogens is 218 g/mol. The van der Waals surface area contributed by atoms with Crippen LogP contribution in [0.5, 0.6) is 0 Å². The SMILES string of the molecule is CNc1cc(N(C)C)c(Cl)cc1[N+](=O)[O-]. The van der Waals surface area contributed by atoms with E-state index in [4.69, 9.17) is 11.6 Å². The third-order valence-corrected chi connectivity index (χ3v) is 2.32. The Morgan fingerprint density at radius 1 is 1.47 bits per heavy atom. The Kier molecular flexibility index (Phi) is 3.36. The molecule has 0 saturated carbocycles. The predicted octanol–water partition coefficient (Wildman–Crippen LogP) is 2.36. The monoisotopic (exact) mass is 229 g/mol. The fourth-order valence-corrected chi connectivity index (χ4v) is 1.57. The molecule has 0 aliphatic rings. The van der Waals surface area contributed by atoms with Crippen LogP contribution in [-0.4, -0.2) is 26.1 Å². The second-order valence-corrected chi connectivity index (χ2v) is 3.63. The van der Waals surface area contributed by atoms with Crippen molar-refractivity contribution in [3.63, 3.8) is 0 Å². The molecule has 0 saturated heterocycles. The molecule has 0 heterocycles. The lowest BCUT2D eigenvalue weighted by molar-refractivity contribution is -0.383. The number of nitro groups is 1. The van der Waals surface area contributed by atoms with Crippen LogP contribution >= 0.6 is 11.6 Å². The normalized spacial score (nSPS) is 9.87. The number of anilines is 2. The maximum atomic E-state index is 10.7. The van der Waals surface area contributed by atoms with E-state index >= 15 is 0 Å². The van der Waals surface area contributed by atoms with Gasteiger partial charge in [-0.1, -0.05) is 11.6 Å². The molecule has 0 unspecified atom stereocenters. The van der Waals surface area contributed by atoms with Gasteiger partial charge in [-0.3, -0.25) is 10.1 Å². The van der Waals surface area contributed by atoms with Gasteiger partial charge < -0.3 is 10.2 Å². The van der Waals surface area contributed by atoms with E-state index in [1.165, 1.54) is 6.07 Å². The Morgan fingerprint density at radius 3 is 2.47 bits per heavy atom. The summed E-state index contributed by atoms with van der Waals surface area (Å²) >= 11 is 5.92. The zero-order chi connectivity index (χ0) is 11.6. The standard InChI is InChI=1S/C9H12ClN3O2/c1-11-7-5-8(12(2)3)6(10)4-9(7)13(14)15/h4-5,11H,1-3H3. The number of hydrogen-bond acceptors (Lipinski definition) is 4. The van der Waals surface area contributed by atoms with Crippen LogP contribution in [0.3, 0.4) is 0 Å². The van der Waals surface area contributed by atoms with Crippen molar-refractivity contribution in [1.29, 1.82) is 0 Å². The Bertz CT molecular complexity index is 393. The largest absolute Gasteiger partial charge is 0.383 e. The van der Waals surface area contributed by atoms with Crippen molar-refractivity contribution < 1.29 is 4.92 Å². The molecule has 1 aromatic rings. The summed E-state index contributed by atoms with van der Waals surface area (Å²) in [6.07, 6.45) is 0. The van der Waals surface area contributed by atoms with Gasteiger partial charge in [0, 0.05) is 27.2 Å². The van der Waals surface area contributed by atoms with Gasteiger partial charge >= 0.3 is 0 Å². The van der Waals surface area contributed by atoms with Gasteiger partial charge in [0.1, 0.15) is 5.69 Å². The van der Waals surface area contributed by atoms with E-state index in [0.29, 0.717) is 10.7 Å². The van der Waals surface area contributed by atoms with Gasteiger partial charge in [0.25, 0.3) is 5.69 Å². The first-order chi connectivity index (χ1) is 6.97. The molecular formula is C9H12ClN3O2. The maximum Gasteiger partial charge on any atom is 0.293 e. The van der Waals surface area contributed by atoms with E-state index in [-0.39, 0.29) is 5.69 Å². The number of halogens is 1. The quantitative estimate of drug-likeness (QED) is 0.639. The van der Waals surface area contributed by atoms with Crippen LogP contribution in [0.25, 0.3) is 0 Å². The van der Waals surface area contributed by atoms with Crippen LogP contribution in [0, 0.1) is 10.1 Å². The molecule has 82 valence electrons. The van der Waals surface area contributed by atoms with Gasteiger partial charge in [-0.05, 0) is 6.07 Å². The number of nitrogens with zero attached hydrogens (tertiary/aromatic N) is 2. The minimum absolute atomic E-state index is 0.0203. The molecule has 0 atom stereocenters. The van der Waals surface area contributed by atoms with E-state index in [1.54, 1.807) is 18.0 Å². The number of rotatable bonds is 3. The highest BCUT2D eigenvalue weighted by molar-refractivity contribution is 6.33. The predicted molar refractivity (Wildman–Crippen MR) is 62.0 cm³/mol. The highest BCUT2D eigenvalue weighted by atomic mass is 35.5. The number of nitrogens with one attached hydrogen (secondary N) is 1. The Hall–Kier alpha value is -1.49. The summed E-state index contributed by atoms with van der Waals surface area (Å²) in [5.74, 6) is 0. The van der Waals surface area contributed by atoms with E-state index in [9.17, 15) is 10.1 Å². The minimum Gasteiger partial charge on any atom is -0.383 e. The molecule has 1 aromatic carbocycles. The zero-order valence-corrected chi connectivity index (χ0v) is 9.50. The lowest BCUT2D eigenvalue weighted by Crippen LogP contribution is -2.10. The van der Waals surface area contributed by atoms with Crippen molar-refractivity contribution in [3.05, 3.63) is 27.3 Å². The van der Waals surface area contributed by atoms with Crippen molar-refractivity contribution in [2.24, 2.45) is 0 Å². The molecule has 0 spiro atoms. The fourth-order valence-electron chi connectivity index (χ4n) is 1.25. The first-order valence-electron chi connectivity index (χ1n) is 4.30. The lowest BCUT2D eigenvalue weighted by atomic mass is 10.2. The average Bonchev–Trinajstić information content (AvgIpc) is 2.16. The van der Waals surface area contributed by atoms with Gasteiger partial charge in [-0.25, -0.2) is 0 Å². The third kappa shape index (κ3) is 2.30. The molecule has 0 bridgehead atoms. The summed E-state index contributed by atoms with van der Waals surface area (Å²) in [6, 6.07) is 3.00. The molecule has 0 aliphatic carbocycles. The highest BCUT2D eigenvalue weighted by Crippen LogP contribution is 2.35. The van der Waals surface area contributed by atoms with Gasteiger partial charge in [-0.2, -0.15) is 0 Å². The molecule has 5 nitrogen and oxygen atoms in total. The molecule has 0 amide bonds. The minimum atomic E-state index is -0.461. The third-order valence-electron chi connectivity index (χ3n) is 2.01. The molecule has 0 aliphatic heterocycles. The zero-order valence-electron chi connectivity index (χ0n) is 8.74. The molecule has 0 fully saturated rings. The summed E-state index contributed by atoms with van der Waals surface area (Å²) in [6.45, 7) is 0. The van der Waals surface area contributed by atoms with Gasteiger partial charge in [-0.15, -0.1) is 0 Å². The van der Waals surface area contributed by atoms with Gasteiger partial charge in [0.15, 0.2) is 0 Å². The van der Waals surface area contributed by atoms with Crippen molar-refractivity contribution in [2.75, 3.05) is 31.4 Å². The van der Waals surface area contributed by atoms with Crippen LogP contribution in [-0.2, 0) is 0 Å². The Labute approximate surface area is 92.8 Å². The molecule has 15 heavy (non-hydrogen) atoms. The number of benzene rings is 1. The summed E-state index contributed by atoms with van der Waals surface area (Å²) in [4.78, 5) is 12.0.